The van der Waals surface area contributed by atoms with Crippen LogP contribution in [0.3, 0.4) is 0 Å². The van der Waals surface area contributed by atoms with Crippen molar-refractivity contribution >= 4 is 5.78 Å². The second-order valence-corrected chi connectivity index (χ2v) is 10.2. The van der Waals surface area contributed by atoms with Crippen LogP contribution in [0.15, 0.2) is 72.8 Å². The molecule has 0 amide bonds. The van der Waals surface area contributed by atoms with Gasteiger partial charge in [-0.2, -0.15) is 0 Å². The van der Waals surface area contributed by atoms with E-state index in [2.05, 4.69) is 59.5 Å². The van der Waals surface area contributed by atoms with Gasteiger partial charge in [0.15, 0.2) is 17.3 Å². The summed E-state index contributed by atoms with van der Waals surface area (Å²) < 4.78 is 11.1. The number of ketones is 1. The summed E-state index contributed by atoms with van der Waals surface area (Å²) in [4.78, 5) is 16.6. The zero-order valence-corrected chi connectivity index (χ0v) is 20.8. The third-order valence-corrected chi connectivity index (χ3v) is 7.89. The topological polar surface area (TPSA) is 38.8 Å². The van der Waals surface area contributed by atoms with Gasteiger partial charge in [0.1, 0.15) is 0 Å². The molecule has 1 aliphatic heterocycles. The Morgan fingerprint density at radius 1 is 0.857 bits per heavy atom. The summed E-state index contributed by atoms with van der Waals surface area (Å²) in [6.45, 7) is 3.18. The minimum Gasteiger partial charge on any atom is -0.493 e. The predicted molar refractivity (Wildman–Crippen MR) is 139 cm³/mol. The Morgan fingerprint density at radius 2 is 1.46 bits per heavy atom. The lowest BCUT2D eigenvalue weighted by Crippen LogP contribution is -2.38. The van der Waals surface area contributed by atoms with Gasteiger partial charge >= 0.3 is 0 Å². The maximum absolute atomic E-state index is 14.1. The van der Waals surface area contributed by atoms with E-state index in [0.717, 1.165) is 62.9 Å². The third-order valence-electron chi connectivity index (χ3n) is 7.89. The minimum atomic E-state index is -0.409. The van der Waals surface area contributed by atoms with Crippen LogP contribution in [0.5, 0.6) is 11.5 Å². The molecule has 0 bridgehead atoms. The van der Waals surface area contributed by atoms with Gasteiger partial charge in [0.05, 0.1) is 14.2 Å². The fourth-order valence-electron chi connectivity index (χ4n) is 6.12. The molecule has 0 saturated carbocycles. The van der Waals surface area contributed by atoms with E-state index in [-0.39, 0.29) is 5.78 Å². The molecule has 1 saturated heterocycles. The van der Waals surface area contributed by atoms with E-state index in [4.69, 9.17) is 9.47 Å². The van der Waals surface area contributed by atoms with Crippen molar-refractivity contribution in [2.24, 2.45) is 11.3 Å². The van der Waals surface area contributed by atoms with Crippen molar-refractivity contribution in [1.82, 2.24) is 4.90 Å². The van der Waals surface area contributed by atoms with Crippen LogP contribution in [-0.4, -0.2) is 38.0 Å². The fourth-order valence-corrected chi connectivity index (χ4v) is 6.12. The van der Waals surface area contributed by atoms with Crippen molar-refractivity contribution in [3.63, 3.8) is 0 Å². The standard InChI is InChI=1S/C31H35NO3/c1-34-28-17-26-21-31(19-23-9-5-3-6-10-23,30(33)27(26)18-29(28)35-2)20-24-13-15-32(16-14-24)22-25-11-7-4-8-12-25/h3-12,17-18,24H,13-16,19-22H2,1-2H3. The molecule has 0 N–H and O–H groups in total. The van der Waals surface area contributed by atoms with E-state index in [1.54, 1.807) is 14.2 Å². The van der Waals surface area contributed by atoms with Crippen molar-refractivity contribution in [3.8, 4) is 11.5 Å². The Kier molecular flexibility index (Phi) is 6.92. The van der Waals surface area contributed by atoms with Gasteiger partial charge < -0.3 is 9.47 Å². The normalized spacial score (nSPS) is 20.6. The first-order chi connectivity index (χ1) is 17.1. The monoisotopic (exact) mass is 469 g/mol. The first-order valence-corrected chi connectivity index (χ1v) is 12.7. The highest BCUT2D eigenvalue weighted by Gasteiger charge is 2.47. The van der Waals surface area contributed by atoms with Crippen LogP contribution in [0.2, 0.25) is 0 Å². The molecular weight excluding hydrogens is 434 g/mol. The molecule has 35 heavy (non-hydrogen) atoms. The van der Waals surface area contributed by atoms with Crippen LogP contribution in [0.25, 0.3) is 0 Å². The van der Waals surface area contributed by atoms with Gasteiger partial charge in [-0.25, -0.2) is 0 Å². The van der Waals surface area contributed by atoms with Crippen molar-refractivity contribution < 1.29 is 14.3 Å². The van der Waals surface area contributed by atoms with Crippen LogP contribution in [0.1, 0.15) is 46.3 Å². The number of ether oxygens (including phenoxy) is 2. The summed E-state index contributed by atoms with van der Waals surface area (Å²) in [5, 5.41) is 0. The number of likely N-dealkylation sites (tertiary alicyclic amines) is 1. The van der Waals surface area contributed by atoms with Crippen molar-refractivity contribution in [2.45, 2.75) is 38.6 Å². The van der Waals surface area contributed by atoms with Gasteiger partial charge in [-0.1, -0.05) is 60.7 Å². The number of methoxy groups -OCH3 is 2. The number of benzene rings is 3. The summed E-state index contributed by atoms with van der Waals surface area (Å²) in [6, 6.07) is 25.1. The van der Waals surface area contributed by atoms with Crippen molar-refractivity contribution in [3.05, 3.63) is 95.1 Å². The van der Waals surface area contributed by atoms with Crippen LogP contribution in [0, 0.1) is 11.3 Å². The Morgan fingerprint density at radius 3 is 2.09 bits per heavy atom. The summed E-state index contributed by atoms with van der Waals surface area (Å²) in [6.07, 6.45) is 4.75. The van der Waals surface area contributed by atoms with Crippen molar-refractivity contribution in [2.75, 3.05) is 27.3 Å². The molecule has 2 aliphatic rings. The van der Waals surface area contributed by atoms with E-state index in [0.29, 0.717) is 17.4 Å². The molecule has 1 heterocycles. The third kappa shape index (κ3) is 4.99. The number of rotatable bonds is 8. The average Bonchev–Trinajstić information content (AvgIpc) is 3.15. The Labute approximate surface area is 208 Å². The van der Waals surface area contributed by atoms with Crippen LogP contribution < -0.4 is 9.47 Å². The zero-order valence-electron chi connectivity index (χ0n) is 20.8. The number of carbonyl (C=O) groups excluding carboxylic acids is 1. The molecule has 3 aromatic rings. The lowest BCUT2D eigenvalue weighted by Gasteiger charge is -2.37. The maximum Gasteiger partial charge on any atom is 0.170 e. The summed E-state index contributed by atoms with van der Waals surface area (Å²) >= 11 is 0. The van der Waals surface area contributed by atoms with Crippen LogP contribution >= 0.6 is 0 Å². The van der Waals surface area contributed by atoms with Gasteiger partial charge in [-0.05, 0) is 79.9 Å². The molecule has 3 aromatic carbocycles. The predicted octanol–water partition coefficient (Wildman–Crippen LogP) is 5.97. The second-order valence-electron chi connectivity index (χ2n) is 10.2. The number of piperidine rings is 1. The van der Waals surface area contributed by atoms with E-state index in [9.17, 15) is 4.79 Å². The number of carbonyl (C=O) groups is 1. The molecule has 1 atom stereocenters. The second kappa shape index (κ2) is 10.2. The molecular formula is C31H35NO3. The summed E-state index contributed by atoms with van der Waals surface area (Å²) in [5.74, 6) is 2.14. The van der Waals surface area contributed by atoms with Crippen LogP contribution in [0.4, 0.5) is 0 Å². The molecule has 4 nitrogen and oxygen atoms in total. The van der Waals surface area contributed by atoms with Crippen LogP contribution in [-0.2, 0) is 19.4 Å². The molecule has 5 rings (SSSR count). The Balaban J connectivity index is 1.36. The summed E-state index contributed by atoms with van der Waals surface area (Å²) in [5.41, 5.74) is 4.09. The quantitative estimate of drug-likeness (QED) is 0.407. The highest BCUT2D eigenvalue weighted by atomic mass is 16.5. The molecule has 0 aromatic heterocycles. The molecule has 4 heteroatoms. The first kappa shape index (κ1) is 23.6. The first-order valence-electron chi connectivity index (χ1n) is 12.7. The van der Waals surface area contributed by atoms with Gasteiger partial charge in [0, 0.05) is 17.5 Å². The largest absolute Gasteiger partial charge is 0.493 e. The van der Waals surface area contributed by atoms with Gasteiger partial charge in [0.25, 0.3) is 0 Å². The van der Waals surface area contributed by atoms with Gasteiger partial charge in [-0.3, -0.25) is 9.69 Å². The summed E-state index contributed by atoms with van der Waals surface area (Å²) in [7, 11) is 3.28. The lowest BCUT2D eigenvalue weighted by atomic mass is 9.70. The number of hydrogen-bond acceptors (Lipinski definition) is 4. The lowest BCUT2D eigenvalue weighted by molar-refractivity contribution is 0.0721. The molecule has 1 aliphatic carbocycles. The molecule has 182 valence electrons. The van der Waals surface area contributed by atoms with E-state index < -0.39 is 5.41 Å². The molecule has 1 fully saturated rings. The minimum absolute atomic E-state index is 0.268. The number of nitrogens with zero attached hydrogens (tertiary/aromatic N) is 1. The molecule has 1 unspecified atom stereocenters. The van der Waals surface area contributed by atoms with Gasteiger partial charge in [-0.15, -0.1) is 0 Å². The molecule has 0 spiro atoms. The smallest absolute Gasteiger partial charge is 0.170 e. The highest BCUT2D eigenvalue weighted by molar-refractivity contribution is 6.05. The van der Waals surface area contributed by atoms with Crippen molar-refractivity contribution in [1.29, 1.82) is 0 Å². The number of Topliss-reactive ketones (excluding diaryl/α,β-unsaturated/α-hetero) is 1. The van der Waals surface area contributed by atoms with Gasteiger partial charge in [0.2, 0.25) is 0 Å². The van der Waals surface area contributed by atoms with E-state index >= 15 is 0 Å². The number of hydrogen-bond donors (Lipinski definition) is 0. The fraction of sp³-hybridized carbons (Fsp3) is 0.387. The van der Waals surface area contributed by atoms with E-state index in [1.807, 2.05) is 18.2 Å². The average molecular weight is 470 g/mol. The Bertz CT molecular complexity index is 1150. The molecule has 0 radical (unpaired) electrons. The maximum atomic E-state index is 14.1. The highest BCUT2D eigenvalue weighted by Crippen LogP contribution is 2.48. The Hall–Kier alpha value is -3.11. The number of fused-ring (bicyclic) bond motifs is 1. The van der Waals surface area contributed by atoms with E-state index in [1.165, 1.54) is 11.1 Å². The zero-order chi connectivity index (χ0) is 24.3. The SMILES string of the molecule is COc1cc2c(cc1OC)C(=O)C(Cc1ccccc1)(CC1CCN(Cc3ccccc3)CC1)C2.